The SMILES string of the molecule is CN(c1ccc([S+]([O-])Nc2ccc(F)cc2)cn1)[C@@H]1CCN(c2ncnc3[nH]ccc23)C1. The monoisotopic (exact) mass is 451 g/mol. The van der Waals surface area contributed by atoms with E-state index in [1.807, 2.05) is 25.4 Å². The van der Waals surface area contributed by atoms with Crippen LogP contribution in [0, 0.1) is 5.82 Å². The van der Waals surface area contributed by atoms with E-state index in [-0.39, 0.29) is 11.9 Å². The third-order valence-corrected chi connectivity index (χ3v) is 6.79. The van der Waals surface area contributed by atoms with E-state index in [2.05, 4.69) is 34.5 Å². The fraction of sp³-hybridized carbons (Fsp3) is 0.227. The van der Waals surface area contributed by atoms with Gasteiger partial charge < -0.3 is 19.3 Å². The van der Waals surface area contributed by atoms with Gasteiger partial charge in [0.15, 0.2) is 4.90 Å². The van der Waals surface area contributed by atoms with Crippen molar-refractivity contribution >= 4 is 39.7 Å². The van der Waals surface area contributed by atoms with Crippen molar-refractivity contribution in [2.75, 3.05) is 34.7 Å². The number of likely N-dealkylation sites (N-methyl/N-ethyl adjacent to an activating group) is 1. The molecule has 1 unspecified atom stereocenters. The van der Waals surface area contributed by atoms with E-state index in [4.69, 9.17) is 0 Å². The standard InChI is InChI=1S/C22H22FN7OS/c1-29(17-9-11-30(13-17)22-19-8-10-24-21(19)26-14-27-22)20-7-6-18(12-25-20)32(31)28-16-4-2-15(23)3-5-16/h2-8,10,12,14,17,28H,9,11,13H2,1H3,(H,24,26,27)/t17-,32?/m1/s1. The number of rotatable bonds is 6. The van der Waals surface area contributed by atoms with Crippen LogP contribution in [0.2, 0.25) is 0 Å². The molecule has 1 fully saturated rings. The number of nitrogens with zero attached hydrogens (tertiary/aromatic N) is 5. The maximum atomic E-state index is 13.0. The van der Waals surface area contributed by atoms with Crippen molar-refractivity contribution in [3.05, 3.63) is 67.0 Å². The number of benzene rings is 1. The van der Waals surface area contributed by atoms with Crippen LogP contribution >= 0.6 is 0 Å². The molecule has 0 radical (unpaired) electrons. The fourth-order valence-corrected chi connectivity index (χ4v) is 4.73. The summed E-state index contributed by atoms with van der Waals surface area (Å²) in [5, 5.41) is 1.02. The minimum absolute atomic E-state index is 0.278. The number of fused-ring (bicyclic) bond motifs is 1. The molecular weight excluding hydrogens is 429 g/mol. The van der Waals surface area contributed by atoms with Crippen LogP contribution < -0.4 is 14.5 Å². The second kappa shape index (κ2) is 8.64. The molecule has 0 bridgehead atoms. The molecule has 0 aliphatic carbocycles. The summed E-state index contributed by atoms with van der Waals surface area (Å²) in [6.45, 7) is 1.73. The van der Waals surface area contributed by atoms with E-state index in [0.717, 1.165) is 42.2 Å². The predicted octanol–water partition coefficient (Wildman–Crippen LogP) is 3.34. The van der Waals surface area contributed by atoms with Crippen LogP contribution in [0.25, 0.3) is 11.0 Å². The summed E-state index contributed by atoms with van der Waals surface area (Å²) in [6, 6.07) is 11.7. The Morgan fingerprint density at radius 3 is 2.78 bits per heavy atom. The Morgan fingerprint density at radius 1 is 1.16 bits per heavy atom. The van der Waals surface area contributed by atoms with Crippen LogP contribution in [0.3, 0.4) is 0 Å². The van der Waals surface area contributed by atoms with Crippen LogP contribution in [-0.2, 0) is 11.4 Å². The number of aromatic amines is 1. The molecule has 2 atom stereocenters. The highest BCUT2D eigenvalue weighted by Gasteiger charge is 2.28. The molecule has 0 spiro atoms. The molecule has 3 aromatic heterocycles. The second-order valence-electron chi connectivity index (χ2n) is 7.67. The molecule has 5 rings (SSSR count). The first-order chi connectivity index (χ1) is 15.6. The van der Waals surface area contributed by atoms with Gasteiger partial charge >= 0.3 is 0 Å². The second-order valence-corrected chi connectivity index (χ2v) is 8.88. The smallest absolute Gasteiger partial charge is 0.198 e. The lowest BCUT2D eigenvalue weighted by Crippen LogP contribution is -2.35. The average molecular weight is 452 g/mol. The Bertz CT molecular complexity index is 1200. The minimum Gasteiger partial charge on any atom is -0.588 e. The largest absolute Gasteiger partial charge is 0.588 e. The van der Waals surface area contributed by atoms with Gasteiger partial charge in [-0.2, -0.15) is 0 Å². The highest BCUT2D eigenvalue weighted by Crippen LogP contribution is 2.28. The van der Waals surface area contributed by atoms with Gasteiger partial charge in [0.25, 0.3) is 0 Å². The summed E-state index contributed by atoms with van der Waals surface area (Å²) in [4.78, 5) is 21.4. The number of H-pyrrole nitrogens is 1. The Balaban J connectivity index is 1.24. The van der Waals surface area contributed by atoms with E-state index < -0.39 is 11.4 Å². The van der Waals surface area contributed by atoms with Gasteiger partial charge in [-0.1, -0.05) is 0 Å². The molecule has 0 amide bonds. The molecular formula is C22H22FN7OS. The Kier molecular flexibility index (Phi) is 5.54. The Labute approximate surface area is 187 Å². The first-order valence-electron chi connectivity index (χ1n) is 10.2. The van der Waals surface area contributed by atoms with Crippen molar-refractivity contribution in [1.82, 2.24) is 19.9 Å². The summed E-state index contributed by atoms with van der Waals surface area (Å²) in [7, 11) is 2.02. The molecule has 1 aliphatic heterocycles. The highest BCUT2D eigenvalue weighted by molar-refractivity contribution is 7.92. The predicted molar refractivity (Wildman–Crippen MR) is 124 cm³/mol. The molecule has 4 aromatic rings. The maximum Gasteiger partial charge on any atom is 0.198 e. The van der Waals surface area contributed by atoms with Crippen molar-refractivity contribution in [1.29, 1.82) is 0 Å². The Hall–Kier alpha value is -3.37. The van der Waals surface area contributed by atoms with Gasteiger partial charge in [-0.05, 0) is 42.8 Å². The molecule has 10 heteroatoms. The molecule has 1 saturated heterocycles. The van der Waals surface area contributed by atoms with Crippen molar-refractivity contribution in [2.45, 2.75) is 17.4 Å². The number of hydrogen-bond acceptors (Lipinski definition) is 7. The quantitative estimate of drug-likeness (QED) is 0.434. The van der Waals surface area contributed by atoms with Gasteiger partial charge in [0.05, 0.1) is 17.3 Å². The topological polar surface area (TPSA) is 96.0 Å². The van der Waals surface area contributed by atoms with E-state index in [9.17, 15) is 8.94 Å². The lowest BCUT2D eigenvalue weighted by Gasteiger charge is -2.26. The normalized spacial score (nSPS) is 17.0. The van der Waals surface area contributed by atoms with Crippen LogP contribution in [0.1, 0.15) is 6.42 Å². The number of pyridine rings is 1. The lowest BCUT2D eigenvalue weighted by atomic mass is 10.2. The highest BCUT2D eigenvalue weighted by atomic mass is 32.2. The van der Waals surface area contributed by atoms with Crippen molar-refractivity contribution < 1.29 is 8.94 Å². The maximum absolute atomic E-state index is 13.0. The molecule has 8 nitrogen and oxygen atoms in total. The summed E-state index contributed by atoms with van der Waals surface area (Å²) in [6.07, 6.45) is 6.06. The molecule has 1 aromatic carbocycles. The lowest BCUT2D eigenvalue weighted by molar-refractivity contribution is 0.599. The molecule has 4 heterocycles. The summed E-state index contributed by atoms with van der Waals surface area (Å²) in [5.74, 6) is 1.42. The van der Waals surface area contributed by atoms with Crippen molar-refractivity contribution in [3.8, 4) is 0 Å². The molecule has 164 valence electrons. The number of halogens is 1. The van der Waals surface area contributed by atoms with Gasteiger partial charge in [0.1, 0.15) is 40.8 Å². The zero-order chi connectivity index (χ0) is 22.1. The van der Waals surface area contributed by atoms with Crippen molar-refractivity contribution in [3.63, 3.8) is 0 Å². The van der Waals surface area contributed by atoms with E-state index in [1.54, 1.807) is 30.7 Å². The van der Waals surface area contributed by atoms with Gasteiger partial charge in [0.2, 0.25) is 0 Å². The van der Waals surface area contributed by atoms with Crippen LogP contribution in [0.4, 0.5) is 21.7 Å². The third-order valence-electron chi connectivity index (χ3n) is 5.69. The van der Waals surface area contributed by atoms with Crippen LogP contribution in [-0.4, -0.2) is 50.7 Å². The van der Waals surface area contributed by atoms with Gasteiger partial charge in [-0.15, -0.1) is 0 Å². The minimum atomic E-state index is -1.48. The van der Waals surface area contributed by atoms with Crippen LogP contribution in [0.15, 0.2) is 66.1 Å². The summed E-state index contributed by atoms with van der Waals surface area (Å²) < 4.78 is 28.4. The molecule has 2 N–H and O–H groups in total. The van der Waals surface area contributed by atoms with E-state index in [0.29, 0.717) is 10.6 Å². The van der Waals surface area contributed by atoms with E-state index in [1.165, 1.54) is 12.1 Å². The van der Waals surface area contributed by atoms with Gasteiger partial charge in [-0.3, -0.25) is 0 Å². The van der Waals surface area contributed by atoms with Crippen LogP contribution in [0.5, 0.6) is 0 Å². The van der Waals surface area contributed by atoms with Gasteiger partial charge in [-0.25, -0.2) is 24.1 Å². The molecule has 32 heavy (non-hydrogen) atoms. The average Bonchev–Trinajstić information content (AvgIpc) is 3.50. The first kappa shape index (κ1) is 20.5. The molecule has 1 aliphatic rings. The summed E-state index contributed by atoms with van der Waals surface area (Å²) in [5.41, 5.74) is 1.42. The Morgan fingerprint density at radius 2 is 2.00 bits per heavy atom. The number of anilines is 3. The summed E-state index contributed by atoms with van der Waals surface area (Å²) >= 11 is -1.48. The third kappa shape index (κ3) is 4.06. The number of aromatic nitrogens is 4. The zero-order valence-electron chi connectivity index (χ0n) is 17.4. The number of hydrogen-bond donors (Lipinski definition) is 2. The molecule has 0 saturated carbocycles. The van der Waals surface area contributed by atoms with E-state index >= 15 is 0 Å². The van der Waals surface area contributed by atoms with Crippen molar-refractivity contribution in [2.24, 2.45) is 0 Å². The van der Waals surface area contributed by atoms with Gasteiger partial charge in [0, 0.05) is 38.4 Å². The first-order valence-corrected chi connectivity index (χ1v) is 11.4. The zero-order valence-corrected chi connectivity index (χ0v) is 18.2. The fourth-order valence-electron chi connectivity index (χ4n) is 3.92. The number of nitrogens with one attached hydrogen (secondary N) is 2.